The van der Waals surface area contributed by atoms with Gasteiger partial charge in [0.05, 0.1) is 19.3 Å². The average molecular weight is 354 g/mol. The zero-order chi connectivity index (χ0) is 18.3. The molecule has 2 aromatic carbocycles. The lowest BCUT2D eigenvalue weighted by molar-refractivity contribution is -0.123. The highest BCUT2D eigenvalue weighted by Gasteiger charge is 2.54. The van der Waals surface area contributed by atoms with E-state index in [1.54, 1.807) is 42.5 Å². The molecule has 7 nitrogen and oxygen atoms in total. The molecule has 0 N–H and O–H groups in total. The van der Waals surface area contributed by atoms with E-state index in [9.17, 15) is 14.0 Å². The molecule has 0 saturated carbocycles. The third kappa shape index (κ3) is 2.50. The predicted octanol–water partition coefficient (Wildman–Crippen LogP) is 2.33. The van der Waals surface area contributed by atoms with Gasteiger partial charge in [0.2, 0.25) is 0 Å². The lowest BCUT2D eigenvalue weighted by Gasteiger charge is -2.21. The Morgan fingerprint density at radius 1 is 1.08 bits per heavy atom. The highest BCUT2D eigenvalue weighted by Crippen LogP contribution is 2.33. The van der Waals surface area contributed by atoms with Gasteiger partial charge in [0.1, 0.15) is 11.6 Å². The van der Waals surface area contributed by atoms with Crippen LogP contribution in [0.4, 0.5) is 10.1 Å². The van der Waals surface area contributed by atoms with Gasteiger partial charge in [-0.25, -0.2) is 9.29 Å². The molecule has 0 aromatic heterocycles. The van der Waals surface area contributed by atoms with E-state index in [0.717, 1.165) is 4.90 Å². The Morgan fingerprint density at radius 2 is 1.81 bits per heavy atom. The van der Waals surface area contributed by atoms with Crippen LogP contribution in [0.3, 0.4) is 0 Å². The van der Waals surface area contributed by atoms with Crippen LogP contribution in [0, 0.1) is 5.82 Å². The number of rotatable bonds is 4. The number of benzene rings is 2. The summed E-state index contributed by atoms with van der Waals surface area (Å²) >= 11 is 0. The molecule has 2 aliphatic heterocycles. The highest BCUT2D eigenvalue weighted by atomic mass is 19.1. The van der Waals surface area contributed by atoms with Gasteiger partial charge in [-0.1, -0.05) is 23.4 Å². The maximum absolute atomic E-state index is 13.9. The van der Waals surface area contributed by atoms with E-state index in [4.69, 9.17) is 4.74 Å². The molecule has 2 aromatic rings. The van der Waals surface area contributed by atoms with Gasteiger partial charge < -0.3 is 4.74 Å². The summed E-state index contributed by atoms with van der Waals surface area (Å²) in [6, 6.07) is 11.1. The topological polar surface area (TPSA) is 74.6 Å². The molecular formula is C18H15FN4O3. The number of nitrogens with zero attached hydrogens (tertiary/aromatic N) is 4. The molecule has 1 saturated heterocycles. The van der Waals surface area contributed by atoms with Gasteiger partial charge in [0.25, 0.3) is 11.8 Å². The van der Waals surface area contributed by atoms with Gasteiger partial charge in [-0.15, -0.1) is 0 Å². The predicted molar refractivity (Wildman–Crippen MR) is 89.9 cm³/mol. The summed E-state index contributed by atoms with van der Waals surface area (Å²) in [4.78, 5) is 26.6. The molecular weight excluding hydrogens is 339 g/mol. The van der Waals surface area contributed by atoms with Crippen molar-refractivity contribution >= 4 is 17.5 Å². The number of amides is 2. The van der Waals surface area contributed by atoms with Crippen LogP contribution < -0.4 is 9.64 Å². The van der Waals surface area contributed by atoms with Gasteiger partial charge in [-0.2, -0.15) is 5.11 Å². The quantitative estimate of drug-likeness (QED) is 0.790. The smallest absolute Gasteiger partial charge is 0.263 e. The summed E-state index contributed by atoms with van der Waals surface area (Å²) in [5, 5.41) is 9.22. The fraction of sp³-hybridized carbons (Fsp3) is 0.222. The van der Waals surface area contributed by atoms with Gasteiger partial charge >= 0.3 is 0 Å². The number of carbonyl (C=O) groups excluding carboxylic acids is 2. The number of halogens is 1. The molecule has 0 aliphatic carbocycles. The van der Waals surface area contributed by atoms with Crippen molar-refractivity contribution in [2.75, 3.05) is 12.0 Å². The van der Waals surface area contributed by atoms with Crippen molar-refractivity contribution in [1.29, 1.82) is 0 Å². The van der Waals surface area contributed by atoms with Gasteiger partial charge in [-0.05, 0) is 30.3 Å². The zero-order valence-corrected chi connectivity index (χ0v) is 13.9. The average Bonchev–Trinajstić information content (AvgIpc) is 3.17. The number of hydrogen-bond donors (Lipinski definition) is 0. The first kappa shape index (κ1) is 16.2. The third-order valence-corrected chi connectivity index (χ3v) is 4.48. The molecule has 0 radical (unpaired) electrons. The molecule has 2 aliphatic rings. The zero-order valence-electron chi connectivity index (χ0n) is 13.9. The minimum atomic E-state index is -0.906. The Morgan fingerprint density at radius 3 is 2.50 bits per heavy atom. The minimum absolute atomic E-state index is 0.0623. The van der Waals surface area contributed by atoms with Crippen molar-refractivity contribution in [3.8, 4) is 5.75 Å². The van der Waals surface area contributed by atoms with E-state index in [2.05, 4.69) is 10.3 Å². The molecule has 0 bridgehead atoms. The summed E-state index contributed by atoms with van der Waals surface area (Å²) < 4.78 is 19.0. The lowest BCUT2D eigenvalue weighted by Crippen LogP contribution is -2.39. The number of fused-ring (bicyclic) bond motifs is 1. The molecule has 0 unspecified atom stereocenters. The first-order valence-electron chi connectivity index (χ1n) is 8.03. The van der Waals surface area contributed by atoms with Gasteiger partial charge in [-0.3, -0.25) is 14.6 Å². The maximum Gasteiger partial charge on any atom is 0.263 e. The van der Waals surface area contributed by atoms with Crippen molar-refractivity contribution in [3.05, 3.63) is 59.9 Å². The molecule has 1 fully saturated rings. The molecule has 132 valence electrons. The van der Waals surface area contributed by atoms with E-state index >= 15 is 0 Å². The summed E-state index contributed by atoms with van der Waals surface area (Å²) in [5.74, 6) is -0.639. The van der Waals surface area contributed by atoms with Crippen LogP contribution in [0.2, 0.25) is 0 Å². The largest absolute Gasteiger partial charge is 0.497 e. The monoisotopic (exact) mass is 354 g/mol. The summed E-state index contributed by atoms with van der Waals surface area (Å²) in [7, 11) is 1.53. The van der Waals surface area contributed by atoms with Crippen molar-refractivity contribution in [3.63, 3.8) is 0 Å². The number of carbonyl (C=O) groups is 2. The fourth-order valence-electron chi connectivity index (χ4n) is 3.14. The van der Waals surface area contributed by atoms with Gasteiger partial charge in [0.15, 0.2) is 12.1 Å². The van der Waals surface area contributed by atoms with Crippen LogP contribution in [0.15, 0.2) is 58.9 Å². The van der Waals surface area contributed by atoms with Crippen molar-refractivity contribution < 1.29 is 18.7 Å². The van der Waals surface area contributed by atoms with Crippen LogP contribution >= 0.6 is 0 Å². The summed E-state index contributed by atoms with van der Waals surface area (Å²) in [5.41, 5.74) is 0.825. The SMILES string of the molecule is COc1ccc(N2C(=O)[C@H]3N=NN(Cc4ccccc4F)[C@@H]3C2=O)cc1. The van der Waals surface area contributed by atoms with E-state index in [1.807, 2.05) is 0 Å². The van der Waals surface area contributed by atoms with E-state index in [1.165, 1.54) is 18.2 Å². The third-order valence-electron chi connectivity index (χ3n) is 4.48. The molecule has 0 spiro atoms. The molecule has 4 rings (SSSR count). The van der Waals surface area contributed by atoms with E-state index in [0.29, 0.717) is 17.0 Å². The maximum atomic E-state index is 13.9. The second-order valence-corrected chi connectivity index (χ2v) is 5.99. The second kappa shape index (κ2) is 6.21. The highest BCUT2D eigenvalue weighted by molar-refractivity contribution is 6.25. The van der Waals surface area contributed by atoms with Crippen LogP contribution in [0.25, 0.3) is 0 Å². The summed E-state index contributed by atoms with van der Waals surface area (Å²) in [6.45, 7) is 0.0623. The molecule has 2 atom stereocenters. The number of imide groups is 1. The van der Waals surface area contributed by atoms with Crippen LogP contribution in [0.5, 0.6) is 5.75 Å². The number of ether oxygens (including phenoxy) is 1. The van der Waals surface area contributed by atoms with Crippen LogP contribution in [0.1, 0.15) is 5.56 Å². The Bertz CT molecular complexity index is 900. The Kier molecular flexibility index (Phi) is 3.87. The first-order valence-corrected chi connectivity index (χ1v) is 8.03. The van der Waals surface area contributed by atoms with Crippen LogP contribution in [-0.2, 0) is 16.1 Å². The molecule has 26 heavy (non-hydrogen) atoms. The second-order valence-electron chi connectivity index (χ2n) is 5.99. The van der Waals surface area contributed by atoms with Gasteiger partial charge in [0, 0.05) is 5.56 Å². The number of methoxy groups -OCH3 is 1. The Labute approximate surface area is 148 Å². The Balaban J connectivity index is 1.60. The van der Waals surface area contributed by atoms with Crippen molar-refractivity contribution in [2.24, 2.45) is 10.3 Å². The molecule has 8 heteroatoms. The molecule has 2 amide bonds. The lowest BCUT2D eigenvalue weighted by atomic mass is 10.1. The van der Waals surface area contributed by atoms with E-state index < -0.39 is 29.7 Å². The number of hydrogen-bond acceptors (Lipinski definition) is 6. The molecule has 2 heterocycles. The summed E-state index contributed by atoms with van der Waals surface area (Å²) in [6.07, 6.45) is 0. The van der Waals surface area contributed by atoms with Crippen LogP contribution in [-0.4, -0.2) is 36.0 Å². The first-order chi connectivity index (χ1) is 12.6. The standard InChI is InChI=1S/C18H15FN4O3/c1-26-13-8-6-12(7-9-13)23-17(24)15-16(18(23)25)22(21-20-15)10-11-4-2-3-5-14(11)19/h2-9,15-16H,10H2,1H3/t15-,16-/m0/s1. The van der Waals surface area contributed by atoms with E-state index in [-0.39, 0.29) is 6.54 Å². The normalized spacial score (nSPS) is 21.5. The Hall–Kier alpha value is -3.29. The number of anilines is 1. The van der Waals surface area contributed by atoms with Crippen molar-refractivity contribution in [1.82, 2.24) is 5.01 Å². The minimum Gasteiger partial charge on any atom is -0.497 e. The van der Waals surface area contributed by atoms with Crippen molar-refractivity contribution in [2.45, 2.75) is 18.6 Å². The fourth-order valence-corrected chi connectivity index (χ4v) is 3.14.